The summed E-state index contributed by atoms with van der Waals surface area (Å²) in [5.74, 6) is 0.149. The number of hydrogen-bond acceptors (Lipinski definition) is 3. The first kappa shape index (κ1) is 15.1. The molecule has 0 aliphatic heterocycles. The lowest BCUT2D eigenvalue weighted by Gasteiger charge is -2.01. The van der Waals surface area contributed by atoms with E-state index in [4.69, 9.17) is 4.98 Å². The molecule has 0 saturated heterocycles. The summed E-state index contributed by atoms with van der Waals surface area (Å²) in [6.07, 6.45) is 2.56. The zero-order valence-electron chi connectivity index (χ0n) is 13.0. The molecule has 4 heteroatoms. The van der Waals surface area contributed by atoms with Gasteiger partial charge in [0.25, 0.3) is 0 Å². The minimum Gasteiger partial charge on any atom is -0.506 e. The van der Waals surface area contributed by atoms with E-state index in [-0.39, 0.29) is 5.82 Å². The number of allylic oxidation sites excluding steroid dienone is 1. The Morgan fingerprint density at radius 1 is 1.04 bits per heavy atom. The highest BCUT2D eigenvalue weighted by atomic mass is 32.1. The van der Waals surface area contributed by atoms with E-state index in [1.165, 1.54) is 23.5 Å². The number of aliphatic hydroxyl groups excluding tert-OH is 1. The number of aliphatic hydroxyl groups is 1. The van der Waals surface area contributed by atoms with Gasteiger partial charge in [0.15, 0.2) is 0 Å². The second-order valence-corrected chi connectivity index (χ2v) is 6.99. The molecule has 24 heavy (non-hydrogen) atoms. The van der Waals surface area contributed by atoms with Crippen LogP contribution in [-0.2, 0) is 6.42 Å². The van der Waals surface area contributed by atoms with E-state index in [0.717, 1.165) is 45.1 Å². The Morgan fingerprint density at radius 3 is 2.42 bits per heavy atom. The molecule has 0 amide bonds. The first-order chi connectivity index (χ1) is 11.7. The fourth-order valence-corrected chi connectivity index (χ4v) is 3.74. The third-order valence-electron chi connectivity index (χ3n) is 4.04. The molecular weight excluding hydrogens is 321 g/mol. The van der Waals surface area contributed by atoms with Gasteiger partial charge in [0.2, 0.25) is 0 Å². The summed E-state index contributed by atoms with van der Waals surface area (Å²) in [6.45, 7) is 0. The number of nitrogens with zero attached hydrogens (tertiary/aromatic N) is 1. The highest BCUT2D eigenvalue weighted by Gasteiger charge is 2.24. The topological polar surface area (TPSA) is 33.1 Å². The highest BCUT2D eigenvalue weighted by Crippen LogP contribution is 2.41. The molecule has 1 heterocycles. The van der Waals surface area contributed by atoms with Gasteiger partial charge < -0.3 is 5.11 Å². The van der Waals surface area contributed by atoms with Gasteiger partial charge in [-0.1, -0.05) is 42.5 Å². The summed E-state index contributed by atoms with van der Waals surface area (Å²) in [5, 5.41) is 11.4. The molecule has 0 spiro atoms. The maximum Gasteiger partial charge on any atom is 0.134 e. The van der Waals surface area contributed by atoms with Crippen LogP contribution in [0.25, 0.3) is 17.0 Å². The average Bonchev–Trinajstić information content (AvgIpc) is 3.38. The standard InChI is InChI=1S/C20H16FNOS/c21-16-10-6-13(7-11-16)12-17-22-18(14-4-2-1-3-5-14)20(24-17)19(23)15-8-9-15/h1-7,10-11,23H,8-9,12H2. The first-order valence-electron chi connectivity index (χ1n) is 7.91. The molecular formula is C20H16FNOS. The molecule has 3 aromatic rings. The number of rotatable bonds is 4. The lowest BCUT2D eigenvalue weighted by Crippen LogP contribution is -1.88. The lowest BCUT2D eigenvalue weighted by atomic mass is 10.1. The second kappa shape index (κ2) is 6.21. The van der Waals surface area contributed by atoms with Crippen LogP contribution in [0.2, 0.25) is 0 Å². The number of benzene rings is 2. The molecule has 1 saturated carbocycles. The molecule has 1 fully saturated rings. The van der Waals surface area contributed by atoms with Crippen LogP contribution in [-0.4, -0.2) is 10.1 Å². The number of halogens is 1. The Bertz CT molecular complexity index is 891. The van der Waals surface area contributed by atoms with Gasteiger partial charge >= 0.3 is 0 Å². The van der Waals surface area contributed by atoms with E-state index in [1.807, 2.05) is 30.3 Å². The van der Waals surface area contributed by atoms with Crippen molar-refractivity contribution in [2.45, 2.75) is 19.3 Å². The normalized spacial score (nSPS) is 13.1. The van der Waals surface area contributed by atoms with Crippen molar-refractivity contribution in [2.75, 3.05) is 0 Å². The molecule has 1 aromatic heterocycles. The van der Waals surface area contributed by atoms with Crippen LogP contribution in [0, 0.1) is 5.82 Å². The van der Waals surface area contributed by atoms with Gasteiger partial charge in [-0.2, -0.15) is 0 Å². The number of thiazole rings is 1. The Balaban J connectivity index is 1.74. The predicted octanol–water partition coefficient (Wildman–Crippen LogP) is 5.60. The number of hydrogen-bond donors (Lipinski definition) is 1. The summed E-state index contributed by atoms with van der Waals surface area (Å²) in [7, 11) is 0. The summed E-state index contributed by atoms with van der Waals surface area (Å²) >= 11 is 1.52. The van der Waals surface area contributed by atoms with Crippen LogP contribution in [0.5, 0.6) is 0 Å². The monoisotopic (exact) mass is 337 g/mol. The first-order valence-corrected chi connectivity index (χ1v) is 8.73. The van der Waals surface area contributed by atoms with Crippen LogP contribution >= 0.6 is 11.3 Å². The molecule has 2 aromatic carbocycles. The van der Waals surface area contributed by atoms with E-state index < -0.39 is 0 Å². The van der Waals surface area contributed by atoms with Gasteiger partial charge in [-0.25, -0.2) is 9.37 Å². The smallest absolute Gasteiger partial charge is 0.134 e. The summed E-state index contributed by atoms with van der Waals surface area (Å²) in [4.78, 5) is 5.60. The largest absolute Gasteiger partial charge is 0.506 e. The zero-order valence-corrected chi connectivity index (χ0v) is 13.8. The summed E-state index contributed by atoms with van der Waals surface area (Å²) < 4.78 is 13.1. The van der Waals surface area contributed by atoms with E-state index in [1.54, 1.807) is 12.1 Å². The van der Waals surface area contributed by atoms with Crippen LogP contribution in [0.3, 0.4) is 0 Å². The minimum absolute atomic E-state index is 0.236. The van der Waals surface area contributed by atoms with E-state index in [9.17, 15) is 9.50 Å². The molecule has 0 radical (unpaired) electrons. The summed E-state index contributed by atoms with van der Waals surface area (Å²) in [5.41, 5.74) is 3.94. The molecule has 0 unspecified atom stereocenters. The molecule has 1 aliphatic carbocycles. The quantitative estimate of drug-likeness (QED) is 0.628. The Morgan fingerprint density at radius 2 is 1.75 bits per heavy atom. The lowest BCUT2D eigenvalue weighted by molar-refractivity contribution is 0.512. The van der Waals surface area contributed by atoms with Crippen LogP contribution < -0.4 is 0 Å². The average molecular weight is 337 g/mol. The van der Waals surface area contributed by atoms with Crippen molar-refractivity contribution in [1.82, 2.24) is 4.98 Å². The molecule has 120 valence electrons. The summed E-state index contributed by atoms with van der Waals surface area (Å²) in [6, 6.07) is 16.4. The van der Waals surface area contributed by atoms with Crippen molar-refractivity contribution < 1.29 is 9.50 Å². The van der Waals surface area contributed by atoms with Gasteiger partial charge in [0, 0.05) is 12.0 Å². The van der Waals surface area contributed by atoms with Gasteiger partial charge in [0.1, 0.15) is 11.6 Å². The minimum atomic E-state index is -0.236. The van der Waals surface area contributed by atoms with Gasteiger partial charge in [0.05, 0.1) is 15.6 Å². The fourth-order valence-electron chi connectivity index (χ4n) is 2.63. The van der Waals surface area contributed by atoms with Crippen LogP contribution in [0.1, 0.15) is 28.3 Å². The maximum atomic E-state index is 13.1. The van der Waals surface area contributed by atoms with E-state index in [0.29, 0.717) is 12.2 Å². The second-order valence-electron chi connectivity index (χ2n) is 5.91. The molecule has 0 atom stereocenters. The Labute approximate surface area is 143 Å². The van der Waals surface area contributed by atoms with Crippen molar-refractivity contribution in [3.63, 3.8) is 0 Å². The van der Waals surface area contributed by atoms with Gasteiger partial charge in [-0.3, -0.25) is 0 Å². The highest BCUT2D eigenvalue weighted by molar-refractivity contribution is 7.13. The van der Waals surface area contributed by atoms with Crippen LogP contribution in [0.4, 0.5) is 4.39 Å². The van der Waals surface area contributed by atoms with E-state index in [2.05, 4.69) is 0 Å². The SMILES string of the molecule is OC(=C1CC1)c1sc(Cc2ccc(F)cc2)nc1-c1ccccc1. The molecule has 2 nitrogen and oxygen atoms in total. The van der Waals surface area contributed by atoms with Crippen LogP contribution in [0.15, 0.2) is 60.2 Å². The Hall–Kier alpha value is -2.46. The molecule has 4 rings (SSSR count). The molecule has 1 aliphatic rings. The third kappa shape index (κ3) is 3.10. The van der Waals surface area contributed by atoms with E-state index >= 15 is 0 Å². The zero-order chi connectivity index (χ0) is 16.5. The van der Waals surface area contributed by atoms with Gasteiger partial charge in [-0.15, -0.1) is 11.3 Å². The predicted molar refractivity (Wildman–Crippen MR) is 95.5 cm³/mol. The van der Waals surface area contributed by atoms with Crippen molar-refractivity contribution in [2.24, 2.45) is 0 Å². The van der Waals surface area contributed by atoms with Crippen molar-refractivity contribution in [3.05, 3.63) is 81.4 Å². The van der Waals surface area contributed by atoms with Crippen molar-refractivity contribution >= 4 is 17.1 Å². The van der Waals surface area contributed by atoms with Gasteiger partial charge in [-0.05, 0) is 36.1 Å². The maximum absolute atomic E-state index is 13.1. The van der Waals surface area contributed by atoms with Crippen molar-refractivity contribution in [1.29, 1.82) is 0 Å². The third-order valence-corrected chi connectivity index (χ3v) is 5.10. The molecule has 1 N–H and O–H groups in total. The number of aromatic nitrogens is 1. The fraction of sp³-hybridized carbons (Fsp3) is 0.150. The van der Waals surface area contributed by atoms with Crippen molar-refractivity contribution in [3.8, 4) is 11.3 Å². The molecule has 0 bridgehead atoms. The Kier molecular flexibility index (Phi) is 3.90.